The Morgan fingerprint density at radius 1 is 1.57 bits per heavy atom. The lowest BCUT2D eigenvalue weighted by molar-refractivity contribution is 0.0696. The van der Waals surface area contributed by atoms with Crippen LogP contribution in [-0.4, -0.2) is 16.2 Å². The number of nitriles is 1. The summed E-state index contributed by atoms with van der Waals surface area (Å²) in [7, 11) is 0. The maximum atomic E-state index is 10.6. The molecule has 0 bridgehead atoms. The monoisotopic (exact) mass is 211 g/mol. The van der Waals surface area contributed by atoms with E-state index < -0.39 is 5.97 Å². The fraction of sp³-hybridized carbons (Fsp3) is 0.111. The van der Waals surface area contributed by atoms with Crippen molar-refractivity contribution in [2.24, 2.45) is 0 Å². The van der Waals surface area contributed by atoms with Crippen LogP contribution in [0.1, 0.15) is 21.5 Å². The molecule has 1 rings (SSSR count). The zero-order valence-electron chi connectivity index (χ0n) is 6.99. The molecule has 0 radical (unpaired) electrons. The first-order valence-electron chi connectivity index (χ1n) is 3.65. The predicted molar refractivity (Wildman–Crippen MR) is 49.3 cm³/mol. The summed E-state index contributed by atoms with van der Waals surface area (Å²) in [5, 5.41) is 26.6. The second kappa shape index (κ2) is 3.99. The van der Waals surface area contributed by atoms with Gasteiger partial charge in [-0.05, 0) is 17.7 Å². The molecule has 2 N–H and O–H groups in total. The van der Waals surface area contributed by atoms with Crippen LogP contribution in [0.15, 0.2) is 12.1 Å². The van der Waals surface area contributed by atoms with Crippen molar-refractivity contribution in [1.29, 1.82) is 5.26 Å². The van der Waals surface area contributed by atoms with Crippen molar-refractivity contribution in [2.45, 2.75) is 5.88 Å². The smallest absolute Gasteiger partial charge is 0.335 e. The van der Waals surface area contributed by atoms with Gasteiger partial charge in [-0.2, -0.15) is 5.26 Å². The molecule has 0 saturated carbocycles. The maximum Gasteiger partial charge on any atom is 0.335 e. The van der Waals surface area contributed by atoms with Crippen molar-refractivity contribution >= 4 is 17.6 Å². The van der Waals surface area contributed by atoms with Crippen LogP contribution in [0, 0.1) is 11.3 Å². The number of nitrogens with zero attached hydrogens (tertiary/aromatic N) is 1. The molecule has 0 amide bonds. The first-order valence-corrected chi connectivity index (χ1v) is 4.18. The van der Waals surface area contributed by atoms with E-state index in [4.69, 9.17) is 22.0 Å². The van der Waals surface area contributed by atoms with Gasteiger partial charge in [0, 0.05) is 5.88 Å². The average molecular weight is 212 g/mol. The van der Waals surface area contributed by atoms with Crippen LogP contribution in [-0.2, 0) is 5.88 Å². The summed E-state index contributed by atoms with van der Waals surface area (Å²) >= 11 is 5.50. The van der Waals surface area contributed by atoms with Gasteiger partial charge in [-0.15, -0.1) is 11.6 Å². The van der Waals surface area contributed by atoms with Crippen molar-refractivity contribution in [3.8, 4) is 11.8 Å². The minimum atomic E-state index is -1.17. The lowest BCUT2D eigenvalue weighted by Gasteiger charge is -2.03. The lowest BCUT2D eigenvalue weighted by Crippen LogP contribution is -1.99. The Morgan fingerprint density at radius 3 is 2.64 bits per heavy atom. The Hall–Kier alpha value is -1.73. The van der Waals surface area contributed by atoms with E-state index >= 15 is 0 Å². The van der Waals surface area contributed by atoms with Gasteiger partial charge < -0.3 is 10.2 Å². The average Bonchev–Trinajstić information content (AvgIpc) is 2.16. The van der Waals surface area contributed by atoms with Gasteiger partial charge in [0.2, 0.25) is 0 Å². The first kappa shape index (κ1) is 10.4. The van der Waals surface area contributed by atoms with E-state index in [1.165, 1.54) is 6.07 Å². The van der Waals surface area contributed by atoms with E-state index in [9.17, 15) is 9.90 Å². The van der Waals surface area contributed by atoms with Crippen molar-refractivity contribution < 1.29 is 15.0 Å². The van der Waals surface area contributed by atoms with Gasteiger partial charge in [-0.3, -0.25) is 0 Å². The summed E-state index contributed by atoms with van der Waals surface area (Å²) in [6.45, 7) is 0. The third-order valence-corrected chi connectivity index (χ3v) is 1.99. The van der Waals surface area contributed by atoms with E-state index in [2.05, 4.69) is 0 Å². The fourth-order valence-corrected chi connectivity index (χ4v) is 1.25. The normalized spacial score (nSPS) is 9.43. The lowest BCUT2D eigenvalue weighted by atomic mass is 10.0. The van der Waals surface area contributed by atoms with Gasteiger partial charge in [0.05, 0.1) is 11.1 Å². The highest BCUT2D eigenvalue weighted by molar-refractivity contribution is 6.17. The third kappa shape index (κ3) is 1.78. The van der Waals surface area contributed by atoms with Gasteiger partial charge in [-0.1, -0.05) is 0 Å². The highest BCUT2D eigenvalue weighted by Crippen LogP contribution is 2.24. The minimum absolute atomic E-state index is 0.0163. The number of carboxylic acids is 1. The van der Waals surface area contributed by atoms with Gasteiger partial charge in [0.1, 0.15) is 11.8 Å². The van der Waals surface area contributed by atoms with Crippen molar-refractivity contribution in [2.75, 3.05) is 0 Å². The molecule has 5 heteroatoms. The molecule has 0 fully saturated rings. The van der Waals surface area contributed by atoms with Gasteiger partial charge >= 0.3 is 5.97 Å². The van der Waals surface area contributed by atoms with Gasteiger partial charge in [0.15, 0.2) is 0 Å². The molecule has 0 spiro atoms. The molecule has 0 atom stereocenters. The molecule has 0 aromatic heterocycles. The van der Waals surface area contributed by atoms with E-state index in [-0.39, 0.29) is 22.8 Å². The van der Waals surface area contributed by atoms with E-state index in [1.54, 1.807) is 6.07 Å². The zero-order chi connectivity index (χ0) is 10.7. The maximum absolute atomic E-state index is 10.6. The van der Waals surface area contributed by atoms with Crippen molar-refractivity contribution in [3.05, 3.63) is 28.8 Å². The third-order valence-electron chi connectivity index (χ3n) is 1.70. The number of aromatic hydroxyl groups is 1. The molecule has 0 unspecified atom stereocenters. The molecular formula is C9H6ClNO3. The molecular weight excluding hydrogens is 206 g/mol. The molecule has 1 aromatic carbocycles. The number of phenolic OH excluding ortho intramolecular Hbond substituents is 1. The number of carbonyl (C=O) groups is 1. The molecule has 14 heavy (non-hydrogen) atoms. The number of hydrogen-bond acceptors (Lipinski definition) is 3. The number of halogens is 1. The van der Waals surface area contributed by atoms with Gasteiger partial charge in [0.25, 0.3) is 0 Å². The SMILES string of the molecule is N#Cc1c(O)cc(C(=O)O)cc1CCl. The van der Waals surface area contributed by atoms with E-state index in [0.717, 1.165) is 6.07 Å². The standard InChI is InChI=1S/C9H6ClNO3/c10-3-6-1-5(9(13)14)2-8(12)7(6)4-11/h1-2,12H,3H2,(H,13,14). The number of alkyl halides is 1. The first-order chi connectivity index (χ1) is 6.60. The van der Waals surface area contributed by atoms with E-state index in [0.29, 0.717) is 5.56 Å². The summed E-state index contributed by atoms with van der Waals surface area (Å²) in [6, 6.07) is 4.05. The van der Waals surface area contributed by atoms with Crippen LogP contribution in [0.3, 0.4) is 0 Å². The topological polar surface area (TPSA) is 81.3 Å². The van der Waals surface area contributed by atoms with Crippen LogP contribution in [0.2, 0.25) is 0 Å². The van der Waals surface area contributed by atoms with Crippen molar-refractivity contribution in [1.82, 2.24) is 0 Å². The summed E-state index contributed by atoms with van der Waals surface area (Å²) in [4.78, 5) is 10.6. The molecule has 1 aromatic rings. The van der Waals surface area contributed by atoms with Crippen LogP contribution in [0.4, 0.5) is 0 Å². The van der Waals surface area contributed by atoms with E-state index in [1.807, 2.05) is 0 Å². The molecule has 0 saturated heterocycles. The fourth-order valence-electron chi connectivity index (χ4n) is 1.04. The molecule has 0 aliphatic heterocycles. The number of aromatic carboxylic acids is 1. The highest BCUT2D eigenvalue weighted by Gasteiger charge is 2.12. The summed E-state index contributed by atoms with van der Waals surface area (Å²) in [5.74, 6) is -1.54. The van der Waals surface area contributed by atoms with Crippen molar-refractivity contribution in [3.63, 3.8) is 0 Å². The molecule has 4 nitrogen and oxygen atoms in total. The predicted octanol–water partition coefficient (Wildman–Crippen LogP) is 1.70. The second-order valence-corrected chi connectivity index (χ2v) is 2.85. The van der Waals surface area contributed by atoms with Gasteiger partial charge in [-0.25, -0.2) is 4.79 Å². The molecule has 0 aliphatic carbocycles. The Balaban J connectivity index is 3.40. The van der Waals surface area contributed by atoms with Crippen LogP contribution >= 0.6 is 11.6 Å². The summed E-state index contributed by atoms with van der Waals surface area (Å²) in [5.41, 5.74) is 0.244. The number of rotatable bonds is 2. The van der Waals surface area contributed by atoms with Crippen LogP contribution in [0.5, 0.6) is 5.75 Å². The Labute approximate surface area is 85.0 Å². The Morgan fingerprint density at radius 2 is 2.21 bits per heavy atom. The van der Waals surface area contributed by atoms with Crippen LogP contribution < -0.4 is 0 Å². The Bertz CT molecular complexity index is 423. The zero-order valence-corrected chi connectivity index (χ0v) is 7.75. The minimum Gasteiger partial charge on any atom is -0.507 e. The Kier molecular flexibility index (Phi) is 2.95. The largest absolute Gasteiger partial charge is 0.507 e. The summed E-state index contributed by atoms with van der Waals surface area (Å²) in [6.07, 6.45) is 0. The summed E-state index contributed by atoms with van der Waals surface area (Å²) < 4.78 is 0. The number of carboxylic acid groups (broad SMARTS) is 1. The van der Waals surface area contributed by atoms with Crippen LogP contribution in [0.25, 0.3) is 0 Å². The molecule has 72 valence electrons. The molecule has 0 aliphatic rings. The number of benzene rings is 1. The number of hydrogen-bond donors (Lipinski definition) is 2. The number of phenols is 1. The second-order valence-electron chi connectivity index (χ2n) is 2.58. The highest BCUT2D eigenvalue weighted by atomic mass is 35.5. The quantitative estimate of drug-likeness (QED) is 0.730. The molecule has 0 heterocycles.